The number of nitrogens with zero attached hydrogens (tertiary/aromatic N) is 1. The van der Waals surface area contributed by atoms with Crippen molar-refractivity contribution in [2.75, 3.05) is 7.11 Å². The SMILES string of the molecule is COc1cccc([C@@H](O)C(F)(F)F)c1[N+](=O)[O-]. The summed E-state index contributed by atoms with van der Waals surface area (Å²) in [6.07, 6.45) is -7.89. The summed E-state index contributed by atoms with van der Waals surface area (Å²) in [6.45, 7) is 0. The molecule has 8 heteroatoms. The van der Waals surface area contributed by atoms with E-state index in [4.69, 9.17) is 5.11 Å². The molecule has 0 spiro atoms. The van der Waals surface area contributed by atoms with Crippen molar-refractivity contribution in [3.05, 3.63) is 33.9 Å². The molecule has 1 aromatic carbocycles. The van der Waals surface area contributed by atoms with Crippen LogP contribution in [0.2, 0.25) is 0 Å². The van der Waals surface area contributed by atoms with E-state index in [2.05, 4.69) is 4.74 Å². The molecule has 0 aliphatic rings. The molecular formula is C9H8F3NO4. The minimum atomic E-state index is -4.98. The number of hydrogen-bond donors (Lipinski definition) is 1. The van der Waals surface area contributed by atoms with E-state index in [9.17, 15) is 23.3 Å². The van der Waals surface area contributed by atoms with Crippen molar-refractivity contribution < 1.29 is 27.9 Å². The Kier molecular flexibility index (Phi) is 3.56. The quantitative estimate of drug-likeness (QED) is 0.660. The highest BCUT2D eigenvalue weighted by Gasteiger charge is 2.43. The van der Waals surface area contributed by atoms with E-state index in [1.165, 1.54) is 0 Å². The number of hydrogen-bond acceptors (Lipinski definition) is 4. The van der Waals surface area contributed by atoms with Gasteiger partial charge in [0.15, 0.2) is 11.9 Å². The summed E-state index contributed by atoms with van der Waals surface area (Å²) in [4.78, 5) is 9.66. The lowest BCUT2D eigenvalue weighted by Gasteiger charge is -2.15. The van der Waals surface area contributed by atoms with Gasteiger partial charge in [0, 0.05) is 0 Å². The Balaban J connectivity index is 3.38. The molecular weight excluding hydrogens is 243 g/mol. The number of methoxy groups -OCH3 is 1. The van der Waals surface area contributed by atoms with Gasteiger partial charge in [0.25, 0.3) is 0 Å². The van der Waals surface area contributed by atoms with E-state index in [0.717, 1.165) is 25.3 Å². The van der Waals surface area contributed by atoms with Crippen LogP contribution < -0.4 is 4.74 Å². The van der Waals surface area contributed by atoms with Gasteiger partial charge in [0.05, 0.1) is 17.6 Å². The van der Waals surface area contributed by atoms with Crippen molar-refractivity contribution in [1.82, 2.24) is 0 Å². The Morgan fingerprint density at radius 3 is 2.47 bits per heavy atom. The van der Waals surface area contributed by atoms with Gasteiger partial charge in [-0.15, -0.1) is 0 Å². The number of rotatable bonds is 3. The molecule has 0 aliphatic heterocycles. The van der Waals surface area contributed by atoms with Crippen LogP contribution in [0.1, 0.15) is 11.7 Å². The van der Waals surface area contributed by atoms with Gasteiger partial charge in [-0.3, -0.25) is 10.1 Å². The standard InChI is InChI=1S/C9H8F3NO4/c1-17-6-4-2-3-5(7(6)13(15)16)8(14)9(10,11)12/h2-4,8,14H,1H3/t8-/m1/s1. The summed E-state index contributed by atoms with van der Waals surface area (Å²) in [5, 5.41) is 19.7. The van der Waals surface area contributed by atoms with E-state index in [1.807, 2.05) is 0 Å². The highest BCUT2D eigenvalue weighted by Crippen LogP contribution is 2.40. The smallest absolute Gasteiger partial charge is 0.418 e. The predicted molar refractivity (Wildman–Crippen MR) is 50.7 cm³/mol. The summed E-state index contributed by atoms with van der Waals surface area (Å²) < 4.78 is 41.5. The van der Waals surface area contributed by atoms with Crippen LogP contribution >= 0.6 is 0 Å². The zero-order valence-corrected chi connectivity index (χ0v) is 8.56. The van der Waals surface area contributed by atoms with Crippen LogP contribution in [0.5, 0.6) is 5.75 Å². The number of nitro benzene ring substituents is 1. The van der Waals surface area contributed by atoms with E-state index < -0.39 is 28.5 Å². The molecule has 0 fully saturated rings. The molecule has 5 nitrogen and oxygen atoms in total. The third-order valence-electron chi connectivity index (χ3n) is 2.04. The van der Waals surface area contributed by atoms with Crippen LogP contribution in [0.3, 0.4) is 0 Å². The highest BCUT2D eigenvalue weighted by molar-refractivity contribution is 5.53. The van der Waals surface area contributed by atoms with Crippen molar-refractivity contribution in [1.29, 1.82) is 0 Å². The number of benzene rings is 1. The number of para-hydroxylation sites is 1. The molecule has 0 bridgehead atoms. The van der Waals surface area contributed by atoms with Gasteiger partial charge in [0.1, 0.15) is 0 Å². The van der Waals surface area contributed by atoms with Crippen molar-refractivity contribution in [3.63, 3.8) is 0 Å². The first-order valence-electron chi connectivity index (χ1n) is 4.35. The second-order valence-corrected chi connectivity index (χ2v) is 3.10. The van der Waals surface area contributed by atoms with Gasteiger partial charge in [-0.1, -0.05) is 6.07 Å². The molecule has 0 saturated heterocycles. The Labute approximate surface area is 93.6 Å². The number of alkyl halides is 3. The first kappa shape index (κ1) is 13.2. The molecule has 17 heavy (non-hydrogen) atoms. The zero-order chi connectivity index (χ0) is 13.2. The van der Waals surface area contributed by atoms with Gasteiger partial charge in [-0.05, 0) is 12.1 Å². The van der Waals surface area contributed by atoms with E-state index >= 15 is 0 Å². The van der Waals surface area contributed by atoms with Gasteiger partial charge >= 0.3 is 11.9 Å². The van der Waals surface area contributed by atoms with Gasteiger partial charge in [-0.25, -0.2) is 0 Å². The zero-order valence-electron chi connectivity index (χ0n) is 8.56. The summed E-state index contributed by atoms with van der Waals surface area (Å²) in [6, 6.07) is 3.11. The molecule has 1 aromatic rings. The lowest BCUT2D eigenvalue weighted by molar-refractivity contribution is -0.388. The fourth-order valence-electron chi connectivity index (χ4n) is 1.30. The molecule has 0 radical (unpaired) electrons. The van der Waals surface area contributed by atoms with Gasteiger partial charge in [-0.2, -0.15) is 13.2 Å². The lowest BCUT2D eigenvalue weighted by Crippen LogP contribution is -2.21. The molecule has 0 heterocycles. The van der Waals surface area contributed by atoms with Crippen molar-refractivity contribution >= 4 is 5.69 Å². The number of halogens is 3. The van der Waals surface area contributed by atoms with Crippen LogP contribution in [0.4, 0.5) is 18.9 Å². The number of ether oxygens (including phenoxy) is 1. The first-order chi connectivity index (χ1) is 7.79. The molecule has 94 valence electrons. The molecule has 1 atom stereocenters. The monoisotopic (exact) mass is 251 g/mol. The molecule has 0 aliphatic carbocycles. The maximum Gasteiger partial charge on any atom is 0.418 e. The third kappa shape index (κ3) is 2.64. The van der Waals surface area contributed by atoms with Crippen molar-refractivity contribution in [3.8, 4) is 5.75 Å². The van der Waals surface area contributed by atoms with Crippen molar-refractivity contribution in [2.45, 2.75) is 12.3 Å². The predicted octanol–water partition coefficient (Wildman–Crippen LogP) is 2.20. The average Bonchev–Trinajstić information content (AvgIpc) is 2.25. The van der Waals surface area contributed by atoms with E-state index in [-0.39, 0.29) is 5.75 Å². The third-order valence-corrected chi connectivity index (χ3v) is 2.04. The lowest BCUT2D eigenvalue weighted by atomic mass is 10.1. The van der Waals surface area contributed by atoms with Gasteiger partial charge < -0.3 is 9.84 Å². The van der Waals surface area contributed by atoms with Crippen LogP contribution in [0.25, 0.3) is 0 Å². The molecule has 1 rings (SSSR count). The van der Waals surface area contributed by atoms with Crippen LogP contribution in [-0.4, -0.2) is 23.3 Å². The Morgan fingerprint density at radius 2 is 2.06 bits per heavy atom. The summed E-state index contributed by atoms with van der Waals surface area (Å²) in [7, 11) is 1.09. The average molecular weight is 251 g/mol. The van der Waals surface area contributed by atoms with Gasteiger partial charge in [0.2, 0.25) is 0 Å². The Morgan fingerprint density at radius 1 is 1.47 bits per heavy atom. The Bertz CT molecular complexity index is 433. The maximum absolute atomic E-state index is 12.3. The molecule has 0 saturated carbocycles. The van der Waals surface area contributed by atoms with E-state index in [0.29, 0.717) is 0 Å². The Hall–Kier alpha value is -1.83. The van der Waals surface area contributed by atoms with Crippen LogP contribution in [0, 0.1) is 10.1 Å². The van der Waals surface area contributed by atoms with E-state index in [1.54, 1.807) is 0 Å². The minimum Gasteiger partial charge on any atom is -0.490 e. The fourth-order valence-corrected chi connectivity index (χ4v) is 1.30. The summed E-state index contributed by atoms with van der Waals surface area (Å²) >= 11 is 0. The molecule has 0 aromatic heterocycles. The number of aliphatic hydroxyl groups excluding tert-OH is 1. The molecule has 1 N–H and O–H groups in total. The second kappa shape index (κ2) is 4.58. The van der Waals surface area contributed by atoms with Crippen molar-refractivity contribution in [2.24, 2.45) is 0 Å². The minimum absolute atomic E-state index is 0.337. The molecule has 0 amide bonds. The summed E-state index contributed by atoms with van der Waals surface area (Å²) in [5.41, 5.74) is -1.73. The second-order valence-electron chi connectivity index (χ2n) is 3.10. The first-order valence-corrected chi connectivity index (χ1v) is 4.35. The normalized spacial score (nSPS) is 13.2. The van der Waals surface area contributed by atoms with Crippen LogP contribution in [0.15, 0.2) is 18.2 Å². The number of aliphatic hydroxyl groups is 1. The largest absolute Gasteiger partial charge is 0.490 e. The fraction of sp³-hybridized carbons (Fsp3) is 0.333. The van der Waals surface area contributed by atoms with Crippen LogP contribution in [-0.2, 0) is 0 Å². The summed E-state index contributed by atoms with van der Waals surface area (Å²) in [5.74, 6) is -0.337. The maximum atomic E-state index is 12.3. The highest BCUT2D eigenvalue weighted by atomic mass is 19.4. The number of nitro groups is 1. The topological polar surface area (TPSA) is 72.6 Å². The molecule has 0 unspecified atom stereocenters.